The van der Waals surface area contributed by atoms with Gasteiger partial charge in [0.1, 0.15) is 17.8 Å². The Morgan fingerprint density at radius 3 is 2.59 bits per heavy atom. The van der Waals surface area contributed by atoms with Gasteiger partial charge in [-0.1, -0.05) is 0 Å². The average molecular weight is 372 g/mol. The van der Waals surface area contributed by atoms with E-state index in [0.29, 0.717) is 30.3 Å². The Kier molecular flexibility index (Phi) is 6.01. The Balaban J connectivity index is 1.41. The number of rotatable bonds is 6. The molecular weight excluding hydrogens is 348 g/mol. The van der Waals surface area contributed by atoms with E-state index < -0.39 is 0 Å². The van der Waals surface area contributed by atoms with Crippen molar-refractivity contribution in [2.24, 2.45) is 5.92 Å². The SMILES string of the molecule is CC(NC(=O)c1ccoc1)C1CCN(C(=O)COc2ccc(O)cc2)CC1. The quantitative estimate of drug-likeness (QED) is 0.812. The highest BCUT2D eigenvalue weighted by Gasteiger charge is 2.27. The molecule has 1 fully saturated rings. The summed E-state index contributed by atoms with van der Waals surface area (Å²) in [5.41, 5.74) is 0.515. The minimum absolute atomic E-state index is 0.0256. The van der Waals surface area contributed by atoms with Gasteiger partial charge in [0.15, 0.2) is 6.61 Å². The van der Waals surface area contributed by atoms with Gasteiger partial charge in [0.05, 0.1) is 11.8 Å². The first-order valence-electron chi connectivity index (χ1n) is 9.05. The Morgan fingerprint density at radius 1 is 1.26 bits per heavy atom. The molecule has 7 nitrogen and oxygen atoms in total. The van der Waals surface area contributed by atoms with Gasteiger partial charge < -0.3 is 24.5 Å². The fraction of sp³-hybridized carbons (Fsp3) is 0.400. The second kappa shape index (κ2) is 8.62. The van der Waals surface area contributed by atoms with Crippen LogP contribution in [-0.4, -0.2) is 47.6 Å². The van der Waals surface area contributed by atoms with Crippen molar-refractivity contribution >= 4 is 11.8 Å². The molecular formula is C20H24N2O5. The van der Waals surface area contributed by atoms with Gasteiger partial charge in [-0.15, -0.1) is 0 Å². The van der Waals surface area contributed by atoms with E-state index in [2.05, 4.69) is 5.32 Å². The number of ether oxygens (including phenoxy) is 1. The van der Waals surface area contributed by atoms with Crippen LogP contribution in [-0.2, 0) is 4.79 Å². The molecule has 144 valence electrons. The van der Waals surface area contributed by atoms with E-state index in [1.165, 1.54) is 24.7 Å². The number of amides is 2. The van der Waals surface area contributed by atoms with Gasteiger partial charge in [0, 0.05) is 19.1 Å². The summed E-state index contributed by atoms with van der Waals surface area (Å²) >= 11 is 0. The van der Waals surface area contributed by atoms with E-state index in [1.807, 2.05) is 6.92 Å². The van der Waals surface area contributed by atoms with E-state index in [9.17, 15) is 14.7 Å². The molecule has 1 atom stereocenters. The van der Waals surface area contributed by atoms with Crippen molar-refractivity contribution in [3.05, 3.63) is 48.4 Å². The third-order valence-corrected chi connectivity index (χ3v) is 4.94. The second-order valence-corrected chi connectivity index (χ2v) is 6.77. The van der Waals surface area contributed by atoms with Gasteiger partial charge in [0.2, 0.25) is 0 Å². The van der Waals surface area contributed by atoms with Crippen molar-refractivity contribution in [2.75, 3.05) is 19.7 Å². The standard InChI is InChI=1S/C20H24N2O5/c1-14(21-20(25)16-8-11-26-12-16)15-6-9-22(10-7-15)19(24)13-27-18-4-2-17(23)3-5-18/h2-5,8,11-12,14-15,23H,6-7,9-10,13H2,1H3,(H,21,25). The molecule has 7 heteroatoms. The van der Waals surface area contributed by atoms with Crippen molar-refractivity contribution in [2.45, 2.75) is 25.8 Å². The van der Waals surface area contributed by atoms with Crippen LogP contribution in [0.15, 0.2) is 47.3 Å². The third-order valence-electron chi connectivity index (χ3n) is 4.94. The summed E-state index contributed by atoms with van der Waals surface area (Å²) in [7, 11) is 0. The van der Waals surface area contributed by atoms with E-state index in [1.54, 1.807) is 23.1 Å². The minimum Gasteiger partial charge on any atom is -0.508 e. The van der Waals surface area contributed by atoms with Crippen molar-refractivity contribution in [1.29, 1.82) is 0 Å². The molecule has 0 aliphatic carbocycles. The third kappa shape index (κ3) is 5.03. The predicted octanol–water partition coefficient (Wildman–Crippen LogP) is 2.42. The first kappa shape index (κ1) is 18.8. The second-order valence-electron chi connectivity index (χ2n) is 6.77. The van der Waals surface area contributed by atoms with Crippen LogP contribution in [0.4, 0.5) is 0 Å². The van der Waals surface area contributed by atoms with Gasteiger partial charge in [-0.2, -0.15) is 0 Å². The molecule has 0 spiro atoms. The molecule has 1 aliphatic heterocycles. The summed E-state index contributed by atoms with van der Waals surface area (Å²) in [4.78, 5) is 26.2. The topological polar surface area (TPSA) is 92.0 Å². The number of aromatic hydroxyl groups is 1. The number of piperidine rings is 1. The van der Waals surface area contributed by atoms with Crippen LogP contribution in [0.25, 0.3) is 0 Å². The molecule has 27 heavy (non-hydrogen) atoms. The number of hydrogen-bond acceptors (Lipinski definition) is 5. The molecule has 3 rings (SSSR count). The summed E-state index contributed by atoms with van der Waals surface area (Å²) in [6.45, 7) is 3.26. The molecule has 0 bridgehead atoms. The van der Waals surface area contributed by atoms with Crippen molar-refractivity contribution in [3.8, 4) is 11.5 Å². The number of phenols is 1. The maximum Gasteiger partial charge on any atom is 0.260 e. The van der Waals surface area contributed by atoms with E-state index >= 15 is 0 Å². The lowest BCUT2D eigenvalue weighted by molar-refractivity contribution is -0.134. The molecule has 1 aromatic heterocycles. The summed E-state index contributed by atoms with van der Waals surface area (Å²) < 4.78 is 10.4. The van der Waals surface area contributed by atoms with Gasteiger partial charge in [-0.05, 0) is 56.0 Å². The summed E-state index contributed by atoms with van der Waals surface area (Å²) in [6, 6.07) is 7.95. The molecule has 1 aromatic carbocycles. The molecule has 1 unspecified atom stereocenters. The highest BCUT2D eigenvalue weighted by molar-refractivity contribution is 5.93. The molecule has 2 heterocycles. The first-order valence-corrected chi connectivity index (χ1v) is 9.05. The van der Waals surface area contributed by atoms with Gasteiger partial charge in [-0.3, -0.25) is 9.59 Å². The van der Waals surface area contributed by atoms with Crippen LogP contribution < -0.4 is 10.1 Å². The van der Waals surface area contributed by atoms with Gasteiger partial charge >= 0.3 is 0 Å². The number of nitrogens with one attached hydrogen (secondary N) is 1. The zero-order chi connectivity index (χ0) is 19.2. The van der Waals surface area contributed by atoms with E-state index in [0.717, 1.165) is 12.8 Å². The largest absolute Gasteiger partial charge is 0.508 e. The smallest absolute Gasteiger partial charge is 0.260 e. The number of phenolic OH excluding ortho intramolecular Hbond substituents is 1. The number of hydrogen-bond donors (Lipinski definition) is 2. The summed E-state index contributed by atoms with van der Waals surface area (Å²) in [5, 5.41) is 12.3. The number of likely N-dealkylation sites (tertiary alicyclic amines) is 1. The number of furan rings is 1. The fourth-order valence-corrected chi connectivity index (χ4v) is 3.23. The van der Waals surface area contributed by atoms with Crippen LogP contribution in [0.2, 0.25) is 0 Å². The van der Waals surface area contributed by atoms with Crippen molar-refractivity contribution in [1.82, 2.24) is 10.2 Å². The number of carbonyl (C=O) groups is 2. The summed E-state index contributed by atoms with van der Waals surface area (Å²) in [5.74, 6) is 0.827. The fourth-order valence-electron chi connectivity index (χ4n) is 3.23. The van der Waals surface area contributed by atoms with Crippen LogP contribution >= 0.6 is 0 Å². The Labute approximate surface area is 157 Å². The highest BCUT2D eigenvalue weighted by Crippen LogP contribution is 2.22. The first-order chi connectivity index (χ1) is 13.0. The van der Waals surface area contributed by atoms with Gasteiger partial charge in [0.25, 0.3) is 11.8 Å². The lowest BCUT2D eigenvalue weighted by Gasteiger charge is -2.35. The van der Waals surface area contributed by atoms with Gasteiger partial charge in [-0.25, -0.2) is 0 Å². The monoisotopic (exact) mass is 372 g/mol. The Hall–Kier alpha value is -2.96. The zero-order valence-electron chi connectivity index (χ0n) is 15.3. The maximum atomic E-state index is 12.3. The lowest BCUT2D eigenvalue weighted by Crippen LogP contribution is -2.46. The van der Waals surface area contributed by atoms with Crippen LogP contribution in [0.1, 0.15) is 30.1 Å². The Morgan fingerprint density at radius 2 is 1.96 bits per heavy atom. The van der Waals surface area contributed by atoms with Crippen LogP contribution in [0.3, 0.4) is 0 Å². The van der Waals surface area contributed by atoms with Crippen LogP contribution in [0.5, 0.6) is 11.5 Å². The van der Waals surface area contributed by atoms with E-state index in [4.69, 9.17) is 9.15 Å². The van der Waals surface area contributed by atoms with Crippen LogP contribution in [0, 0.1) is 5.92 Å². The normalized spacial score (nSPS) is 16.0. The average Bonchev–Trinajstić information content (AvgIpc) is 3.22. The molecule has 2 aromatic rings. The molecule has 1 saturated heterocycles. The molecule has 2 N–H and O–H groups in total. The molecule has 1 aliphatic rings. The zero-order valence-corrected chi connectivity index (χ0v) is 15.3. The van der Waals surface area contributed by atoms with Crippen molar-refractivity contribution in [3.63, 3.8) is 0 Å². The van der Waals surface area contributed by atoms with E-state index in [-0.39, 0.29) is 30.2 Å². The lowest BCUT2D eigenvalue weighted by atomic mass is 9.90. The predicted molar refractivity (Wildman–Crippen MR) is 98.5 cm³/mol. The molecule has 2 amide bonds. The highest BCUT2D eigenvalue weighted by atomic mass is 16.5. The number of benzene rings is 1. The molecule has 0 saturated carbocycles. The van der Waals surface area contributed by atoms with Crippen molar-refractivity contribution < 1.29 is 23.8 Å². The number of carbonyl (C=O) groups excluding carboxylic acids is 2. The summed E-state index contributed by atoms with van der Waals surface area (Å²) in [6.07, 6.45) is 4.57. The Bertz CT molecular complexity index is 749. The maximum absolute atomic E-state index is 12.3. The molecule has 0 radical (unpaired) electrons. The number of nitrogens with zero attached hydrogens (tertiary/aromatic N) is 1. The minimum atomic E-state index is -0.142.